The van der Waals surface area contributed by atoms with Crippen LogP contribution in [-0.4, -0.2) is 55.8 Å². The van der Waals surface area contributed by atoms with Crippen LogP contribution in [0.5, 0.6) is 0 Å². The van der Waals surface area contributed by atoms with Gasteiger partial charge in [-0.1, -0.05) is 12.1 Å². The van der Waals surface area contributed by atoms with E-state index in [1.54, 1.807) is 24.0 Å². The van der Waals surface area contributed by atoms with E-state index in [9.17, 15) is 26.8 Å². The van der Waals surface area contributed by atoms with Gasteiger partial charge in [0.15, 0.2) is 5.03 Å². The Morgan fingerprint density at radius 1 is 0.951 bits per heavy atom. The molecule has 12 heteroatoms. The van der Waals surface area contributed by atoms with Gasteiger partial charge >= 0.3 is 0 Å². The Morgan fingerprint density at radius 3 is 2.29 bits per heavy atom. The van der Waals surface area contributed by atoms with E-state index < -0.39 is 28.3 Å². The minimum atomic E-state index is -4.18. The monoisotopic (exact) mass is 583 g/mol. The lowest BCUT2D eigenvalue weighted by molar-refractivity contribution is -0.120. The Bertz CT molecular complexity index is 1550. The number of carbonyl (C=O) groups is 2. The van der Waals surface area contributed by atoms with Crippen molar-refractivity contribution >= 4 is 33.2 Å². The molecule has 2 aliphatic rings. The lowest BCUT2D eigenvalue weighted by atomic mass is 9.89. The van der Waals surface area contributed by atoms with Gasteiger partial charge in [0.05, 0.1) is 17.8 Å². The van der Waals surface area contributed by atoms with Crippen molar-refractivity contribution in [3.8, 4) is 0 Å². The molecule has 2 aromatic carbocycles. The number of benzene rings is 2. The van der Waals surface area contributed by atoms with Gasteiger partial charge in [0, 0.05) is 37.1 Å². The Kier molecular flexibility index (Phi) is 8.32. The van der Waals surface area contributed by atoms with Crippen molar-refractivity contribution in [3.05, 3.63) is 83.1 Å². The molecule has 1 saturated carbocycles. The van der Waals surface area contributed by atoms with Gasteiger partial charge in [-0.15, -0.1) is 0 Å². The second kappa shape index (κ2) is 11.9. The molecule has 1 aromatic heterocycles. The number of halogens is 2. The molecular formula is C29H31F2N5O4S. The molecule has 0 unspecified atom stereocenters. The molecule has 2 heterocycles. The maximum absolute atomic E-state index is 13.7. The number of carbonyl (C=O) groups excluding carboxylic acids is 2. The molecule has 41 heavy (non-hydrogen) atoms. The molecule has 0 bridgehead atoms. The van der Waals surface area contributed by atoms with Crippen LogP contribution in [0.15, 0.2) is 59.8 Å². The van der Waals surface area contributed by atoms with Gasteiger partial charge in [0.1, 0.15) is 11.6 Å². The quantitative estimate of drug-likeness (QED) is 0.351. The molecule has 2 amide bonds. The van der Waals surface area contributed by atoms with Crippen LogP contribution in [-0.2, 0) is 14.8 Å². The molecule has 5 rings (SSSR count). The highest BCUT2D eigenvalue weighted by molar-refractivity contribution is 7.89. The molecule has 0 spiro atoms. The number of sulfonamides is 1. The first-order valence-electron chi connectivity index (χ1n) is 13.5. The summed E-state index contributed by atoms with van der Waals surface area (Å²) in [4.78, 5) is 31.4. The van der Waals surface area contributed by atoms with Crippen LogP contribution in [0.25, 0.3) is 0 Å². The van der Waals surface area contributed by atoms with Gasteiger partial charge in [-0.25, -0.2) is 26.9 Å². The number of rotatable bonds is 9. The van der Waals surface area contributed by atoms with Crippen LogP contribution in [0, 0.1) is 18.6 Å². The van der Waals surface area contributed by atoms with E-state index in [4.69, 9.17) is 0 Å². The van der Waals surface area contributed by atoms with Gasteiger partial charge in [-0.2, -0.15) is 0 Å². The summed E-state index contributed by atoms with van der Waals surface area (Å²) in [5, 5.41) is 5.42. The zero-order chi connectivity index (χ0) is 29.1. The highest BCUT2D eigenvalue weighted by Gasteiger charge is 2.29. The standard InChI is InChI=1S/C29H31F2N5O4S/c1-18-14-22(31)6-9-25(18)35-26-15-28(41(39,40)33-17-27(37)34-23-7-8-23)32-16-24(26)29(38)36-12-10-20(11-13-36)19-2-4-21(30)5-3-19/h2-6,9,14-16,20,23,33H,7-8,10-13,17H2,1H3,(H,32,35)(H,34,37). The Labute approximate surface area is 237 Å². The van der Waals surface area contributed by atoms with Crippen LogP contribution >= 0.6 is 0 Å². The van der Waals surface area contributed by atoms with Gasteiger partial charge in [0.25, 0.3) is 15.9 Å². The first-order chi connectivity index (χ1) is 19.6. The summed E-state index contributed by atoms with van der Waals surface area (Å²) in [6.45, 7) is 2.15. The van der Waals surface area contributed by atoms with E-state index >= 15 is 0 Å². The van der Waals surface area contributed by atoms with Crippen LogP contribution in [0.3, 0.4) is 0 Å². The number of nitrogens with one attached hydrogen (secondary N) is 3. The lowest BCUT2D eigenvalue weighted by Gasteiger charge is -2.32. The summed E-state index contributed by atoms with van der Waals surface area (Å²) in [7, 11) is -4.18. The minimum Gasteiger partial charge on any atom is -0.355 e. The number of aryl methyl sites for hydroxylation is 1. The normalized spacial score (nSPS) is 15.9. The lowest BCUT2D eigenvalue weighted by Crippen LogP contribution is -2.39. The molecule has 2 fully saturated rings. The van der Waals surface area contributed by atoms with Gasteiger partial charge in [-0.05, 0) is 80.0 Å². The second-order valence-electron chi connectivity index (χ2n) is 10.4. The zero-order valence-electron chi connectivity index (χ0n) is 22.5. The van der Waals surface area contributed by atoms with Crippen molar-refractivity contribution in [1.29, 1.82) is 0 Å². The minimum absolute atomic E-state index is 0.0888. The molecule has 1 aliphatic carbocycles. The summed E-state index contributed by atoms with van der Waals surface area (Å²) >= 11 is 0. The Morgan fingerprint density at radius 2 is 1.63 bits per heavy atom. The van der Waals surface area contributed by atoms with E-state index in [1.807, 2.05) is 0 Å². The van der Waals surface area contributed by atoms with Crippen LogP contribution in [0.2, 0.25) is 0 Å². The average molecular weight is 584 g/mol. The second-order valence-corrected chi connectivity index (χ2v) is 12.2. The number of amides is 2. The van der Waals surface area contributed by atoms with Crippen molar-refractivity contribution in [2.24, 2.45) is 0 Å². The highest BCUT2D eigenvalue weighted by atomic mass is 32.2. The van der Waals surface area contributed by atoms with Gasteiger partial charge in [0.2, 0.25) is 5.91 Å². The van der Waals surface area contributed by atoms with Crippen molar-refractivity contribution in [3.63, 3.8) is 0 Å². The third-order valence-corrected chi connectivity index (χ3v) is 8.63. The number of hydrogen-bond acceptors (Lipinski definition) is 6. The number of hydrogen-bond donors (Lipinski definition) is 3. The number of piperidine rings is 1. The van der Waals surface area contributed by atoms with E-state index in [-0.39, 0.29) is 40.0 Å². The van der Waals surface area contributed by atoms with Crippen molar-refractivity contribution in [2.45, 2.75) is 49.6 Å². The maximum atomic E-state index is 13.7. The average Bonchev–Trinajstić information content (AvgIpc) is 3.77. The molecule has 0 atom stereocenters. The smallest absolute Gasteiger partial charge is 0.258 e. The fourth-order valence-corrected chi connectivity index (χ4v) is 5.76. The Balaban J connectivity index is 1.37. The fourth-order valence-electron chi connectivity index (χ4n) is 4.83. The fraction of sp³-hybridized carbons (Fsp3) is 0.345. The van der Waals surface area contributed by atoms with Gasteiger partial charge < -0.3 is 15.5 Å². The number of nitrogens with zero attached hydrogens (tertiary/aromatic N) is 2. The summed E-state index contributed by atoms with van der Waals surface area (Å²) in [5.74, 6) is -1.31. The van der Waals surface area contributed by atoms with Crippen molar-refractivity contribution < 1.29 is 26.8 Å². The van der Waals surface area contributed by atoms with E-state index in [0.717, 1.165) is 18.4 Å². The summed E-state index contributed by atoms with van der Waals surface area (Å²) in [6.07, 6.45) is 4.32. The van der Waals surface area contributed by atoms with Crippen LogP contribution < -0.4 is 15.4 Å². The van der Waals surface area contributed by atoms with Gasteiger partial charge in [-0.3, -0.25) is 9.59 Å². The zero-order valence-corrected chi connectivity index (χ0v) is 23.3. The summed E-state index contributed by atoms with van der Waals surface area (Å²) in [6, 6.07) is 11.8. The molecule has 3 aromatic rings. The molecule has 216 valence electrons. The molecule has 0 radical (unpaired) electrons. The van der Waals surface area contributed by atoms with E-state index in [2.05, 4.69) is 20.3 Å². The van der Waals surface area contributed by atoms with Crippen LogP contribution in [0.4, 0.5) is 20.2 Å². The topological polar surface area (TPSA) is 121 Å². The molecule has 1 aliphatic heterocycles. The van der Waals surface area contributed by atoms with E-state index in [0.29, 0.717) is 37.2 Å². The largest absolute Gasteiger partial charge is 0.355 e. The summed E-state index contributed by atoms with van der Waals surface area (Å²) in [5.41, 5.74) is 2.39. The first kappa shape index (κ1) is 28.6. The third-order valence-electron chi connectivity index (χ3n) is 7.33. The third kappa shape index (κ3) is 7.06. The summed E-state index contributed by atoms with van der Waals surface area (Å²) < 4.78 is 55.3. The number of likely N-dealkylation sites (tertiary alicyclic amines) is 1. The molecular weight excluding hydrogens is 552 g/mol. The maximum Gasteiger partial charge on any atom is 0.258 e. The number of pyridine rings is 1. The predicted molar refractivity (Wildman–Crippen MR) is 149 cm³/mol. The SMILES string of the molecule is Cc1cc(F)ccc1Nc1cc(S(=O)(=O)NCC(=O)NC2CC2)ncc1C(=O)N1CCC(c2ccc(F)cc2)CC1. The highest BCUT2D eigenvalue weighted by Crippen LogP contribution is 2.31. The van der Waals surface area contributed by atoms with Crippen molar-refractivity contribution in [1.82, 2.24) is 19.9 Å². The predicted octanol–water partition coefficient (Wildman–Crippen LogP) is 3.99. The number of aromatic nitrogens is 1. The van der Waals surface area contributed by atoms with E-state index in [1.165, 1.54) is 42.6 Å². The molecule has 9 nitrogen and oxygen atoms in total. The Hall–Kier alpha value is -3.90. The molecule has 1 saturated heterocycles. The van der Waals surface area contributed by atoms with Crippen LogP contribution in [0.1, 0.15) is 53.1 Å². The first-order valence-corrected chi connectivity index (χ1v) is 14.9. The molecule has 3 N–H and O–H groups in total. The van der Waals surface area contributed by atoms with Crippen molar-refractivity contribution in [2.75, 3.05) is 25.0 Å². The number of anilines is 2.